The van der Waals surface area contributed by atoms with Gasteiger partial charge in [0.1, 0.15) is 5.37 Å². The largest absolute Gasteiger partial charge is 0.465 e. The Morgan fingerprint density at radius 3 is 2.30 bits per heavy atom. The Morgan fingerprint density at radius 1 is 1.09 bits per heavy atom. The van der Waals surface area contributed by atoms with Crippen molar-refractivity contribution in [1.82, 2.24) is 4.57 Å². The van der Waals surface area contributed by atoms with E-state index in [9.17, 15) is 9.59 Å². The van der Waals surface area contributed by atoms with Gasteiger partial charge in [-0.05, 0) is 12.5 Å². The second-order valence-corrected chi connectivity index (χ2v) is 6.28. The highest BCUT2D eigenvalue weighted by molar-refractivity contribution is 7.99. The van der Waals surface area contributed by atoms with Gasteiger partial charge >= 0.3 is 11.9 Å². The zero-order valence-corrected chi connectivity index (χ0v) is 14.0. The van der Waals surface area contributed by atoms with Crippen LogP contribution < -0.4 is 0 Å². The quantitative estimate of drug-likeness (QED) is 0.809. The van der Waals surface area contributed by atoms with Crippen LogP contribution in [0.3, 0.4) is 0 Å². The fourth-order valence-corrected chi connectivity index (χ4v) is 4.38. The Bertz CT molecular complexity index is 767. The Morgan fingerprint density at radius 2 is 1.70 bits per heavy atom. The van der Waals surface area contributed by atoms with Gasteiger partial charge in [-0.25, -0.2) is 9.59 Å². The highest BCUT2D eigenvalue weighted by Crippen LogP contribution is 2.45. The molecule has 2 heterocycles. The molecule has 0 saturated heterocycles. The van der Waals surface area contributed by atoms with Gasteiger partial charge in [-0.1, -0.05) is 30.3 Å². The third-order valence-electron chi connectivity index (χ3n) is 4.03. The maximum atomic E-state index is 12.2. The molecule has 0 amide bonds. The number of thioether (sulfide) groups is 1. The fourth-order valence-electron chi connectivity index (χ4n) is 3.00. The van der Waals surface area contributed by atoms with Gasteiger partial charge in [0.05, 0.1) is 25.3 Å². The van der Waals surface area contributed by atoms with Gasteiger partial charge in [-0.15, -0.1) is 11.8 Å². The van der Waals surface area contributed by atoms with Gasteiger partial charge in [0, 0.05) is 17.1 Å². The van der Waals surface area contributed by atoms with Gasteiger partial charge in [-0.3, -0.25) is 0 Å². The van der Waals surface area contributed by atoms with E-state index in [1.165, 1.54) is 14.2 Å². The molecule has 1 atom stereocenters. The predicted molar refractivity (Wildman–Crippen MR) is 87.7 cm³/mol. The van der Waals surface area contributed by atoms with E-state index in [0.29, 0.717) is 16.9 Å². The molecule has 0 bridgehead atoms. The molecule has 0 saturated carbocycles. The van der Waals surface area contributed by atoms with Crippen molar-refractivity contribution in [3.05, 3.63) is 58.4 Å². The maximum absolute atomic E-state index is 12.2. The zero-order chi connectivity index (χ0) is 16.6. The van der Waals surface area contributed by atoms with E-state index in [0.717, 1.165) is 17.0 Å². The standard InChI is InChI=1S/C17H17NO4S/c1-10-13(16(19)21-2)14(17(20)22-3)12-9-23-15(18(10)12)11-7-5-4-6-8-11/h4-8,15H,9H2,1-3H3/t15-/m0/s1. The minimum atomic E-state index is -0.512. The lowest BCUT2D eigenvalue weighted by atomic mass is 10.1. The average Bonchev–Trinajstić information content (AvgIpc) is 3.13. The lowest BCUT2D eigenvalue weighted by Gasteiger charge is -2.15. The molecule has 0 spiro atoms. The molecular weight excluding hydrogens is 314 g/mol. The van der Waals surface area contributed by atoms with Gasteiger partial charge in [0.15, 0.2) is 0 Å². The summed E-state index contributed by atoms with van der Waals surface area (Å²) in [5.41, 5.74) is 3.29. The Balaban J connectivity index is 2.20. The van der Waals surface area contributed by atoms with Crippen molar-refractivity contribution in [3.8, 4) is 0 Å². The number of esters is 2. The first-order valence-corrected chi connectivity index (χ1v) is 8.21. The summed E-state index contributed by atoms with van der Waals surface area (Å²) in [5.74, 6) is -0.375. The van der Waals surface area contributed by atoms with Crippen LogP contribution >= 0.6 is 11.8 Å². The average molecular weight is 331 g/mol. The summed E-state index contributed by atoms with van der Waals surface area (Å²) in [5, 5.41) is 0.0352. The van der Waals surface area contributed by atoms with Gasteiger partial charge in [0.25, 0.3) is 0 Å². The van der Waals surface area contributed by atoms with Crippen LogP contribution in [-0.2, 0) is 15.2 Å². The lowest BCUT2D eigenvalue weighted by Crippen LogP contribution is -2.12. The molecule has 23 heavy (non-hydrogen) atoms. The van der Waals surface area contributed by atoms with E-state index in [1.807, 2.05) is 41.8 Å². The minimum absolute atomic E-state index is 0.0352. The molecule has 1 aromatic carbocycles. The molecular formula is C17H17NO4S. The number of carbonyl (C=O) groups excluding carboxylic acids is 2. The van der Waals surface area contributed by atoms with Crippen molar-refractivity contribution in [3.63, 3.8) is 0 Å². The highest BCUT2D eigenvalue weighted by atomic mass is 32.2. The molecule has 2 aromatic rings. The number of aromatic nitrogens is 1. The number of rotatable bonds is 3. The normalized spacial score (nSPS) is 16.0. The molecule has 1 aliphatic rings. The number of fused-ring (bicyclic) bond motifs is 1. The number of methoxy groups -OCH3 is 2. The SMILES string of the molecule is COC(=O)c1c(C(=O)OC)c2n(c1C)[C@H](c1ccccc1)SC2. The summed E-state index contributed by atoms with van der Waals surface area (Å²) < 4.78 is 11.8. The molecule has 5 nitrogen and oxygen atoms in total. The molecule has 120 valence electrons. The first-order chi connectivity index (χ1) is 11.1. The molecule has 0 unspecified atom stereocenters. The molecule has 1 aliphatic heterocycles. The van der Waals surface area contributed by atoms with E-state index in [4.69, 9.17) is 9.47 Å². The summed E-state index contributed by atoms with van der Waals surface area (Å²) in [4.78, 5) is 24.4. The third-order valence-corrected chi connectivity index (χ3v) is 5.27. The predicted octanol–water partition coefficient (Wildman–Crippen LogP) is 3.16. The molecule has 0 aliphatic carbocycles. The number of hydrogen-bond donors (Lipinski definition) is 0. The van der Waals surface area contributed by atoms with E-state index in [2.05, 4.69) is 0 Å². The van der Waals surface area contributed by atoms with Crippen LogP contribution in [0.15, 0.2) is 30.3 Å². The second kappa shape index (κ2) is 6.12. The molecule has 0 fully saturated rings. The van der Waals surface area contributed by atoms with Crippen LogP contribution in [0.2, 0.25) is 0 Å². The van der Waals surface area contributed by atoms with Crippen molar-refractivity contribution >= 4 is 23.7 Å². The first-order valence-electron chi connectivity index (χ1n) is 7.17. The van der Waals surface area contributed by atoms with Gasteiger partial charge in [0.2, 0.25) is 0 Å². The van der Waals surface area contributed by atoms with Crippen LogP contribution in [0.1, 0.15) is 43.0 Å². The monoisotopic (exact) mass is 331 g/mol. The summed E-state index contributed by atoms with van der Waals surface area (Å²) in [6.45, 7) is 1.84. The Kier molecular flexibility index (Phi) is 4.17. The first kappa shape index (κ1) is 15.7. The summed E-state index contributed by atoms with van der Waals surface area (Å²) in [6.07, 6.45) is 0. The van der Waals surface area contributed by atoms with Crippen LogP contribution in [0.25, 0.3) is 0 Å². The zero-order valence-electron chi connectivity index (χ0n) is 13.2. The lowest BCUT2D eigenvalue weighted by molar-refractivity contribution is 0.0555. The highest BCUT2D eigenvalue weighted by Gasteiger charge is 2.37. The topological polar surface area (TPSA) is 57.5 Å². The van der Waals surface area contributed by atoms with E-state index in [1.54, 1.807) is 11.8 Å². The van der Waals surface area contributed by atoms with E-state index >= 15 is 0 Å². The van der Waals surface area contributed by atoms with Crippen molar-refractivity contribution in [1.29, 1.82) is 0 Å². The van der Waals surface area contributed by atoms with E-state index in [-0.39, 0.29) is 5.37 Å². The molecule has 0 radical (unpaired) electrons. The second-order valence-electron chi connectivity index (χ2n) is 5.21. The fraction of sp³-hybridized carbons (Fsp3) is 0.294. The van der Waals surface area contributed by atoms with Crippen molar-refractivity contribution in [2.24, 2.45) is 0 Å². The van der Waals surface area contributed by atoms with Crippen LogP contribution in [-0.4, -0.2) is 30.7 Å². The summed E-state index contributed by atoms with van der Waals surface area (Å²) in [7, 11) is 2.63. The van der Waals surface area contributed by atoms with Crippen molar-refractivity contribution < 1.29 is 19.1 Å². The summed E-state index contributed by atoms with van der Waals surface area (Å²) >= 11 is 1.72. The van der Waals surface area contributed by atoms with E-state index < -0.39 is 11.9 Å². The number of benzene rings is 1. The number of carbonyl (C=O) groups is 2. The maximum Gasteiger partial charge on any atom is 0.340 e. The van der Waals surface area contributed by atoms with Gasteiger partial charge < -0.3 is 14.0 Å². The third kappa shape index (κ3) is 2.43. The number of ether oxygens (including phenoxy) is 2. The smallest absolute Gasteiger partial charge is 0.340 e. The van der Waals surface area contributed by atoms with Crippen LogP contribution in [0, 0.1) is 6.92 Å². The van der Waals surface area contributed by atoms with Crippen LogP contribution in [0.5, 0.6) is 0 Å². The van der Waals surface area contributed by atoms with Gasteiger partial charge in [-0.2, -0.15) is 0 Å². The summed E-state index contributed by atoms with van der Waals surface area (Å²) in [6, 6.07) is 10.0. The number of hydrogen-bond acceptors (Lipinski definition) is 5. The molecule has 1 aromatic heterocycles. The molecule has 3 rings (SSSR count). The minimum Gasteiger partial charge on any atom is -0.465 e. The molecule has 6 heteroatoms. The Labute approximate surface area is 138 Å². The van der Waals surface area contributed by atoms with Crippen LogP contribution in [0.4, 0.5) is 0 Å². The molecule has 0 N–H and O–H groups in total. The van der Waals surface area contributed by atoms with Crippen molar-refractivity contribution in [2.75, 3.05) is 14.2 Å². The Hall–Kier alpha value is -2.21. The van der Waals surface area contributed by atoms with Crippen molar-refractivity contribution in [2.45, 2.75) is 18.1 Å². The number of nitrogens with zero attached hydrogens (tertiary/aromatic N) is 1.